The molecule has 0 radical (unpaired) electrons. The van der Waals surface area contributed by atoms with E-state index in [1.54, 1.807) is 42.6 Å². The van der Waals surface area contributed by atoms with Crippen molar-refractivity contribution in [2.75, 3.05) is 5.32 Å². The average Bonchev–Trinajstić information content (AvgIpc) is 2.58. The normalized spacial score (nSPS) is 10.2. The van der Waals surface area contributed by atoms with Crippen molar-refractivity contribution in [2.45, 2.75) is 6.42 Å². The molecule has 0 bridgehead atoms. The molecule has 1 aromatic heterocycles. The number of ether oxygens (including phenoxy) is 1. The van der Waals surface area contributed by atoms with Crippen LogP contribution in [0.15, 0.2) is 67.1 Å². The van der Waals surface area contributed by atoms with Gasteiger partial charge in [0.2, 0.25) is 11.8 Å². The van der Waals surface area contributed by atoms with Gasteiger partial charge in [0.15, 0.2) is 0 Å². The van der Waals surface area contributed by atoms with E-state index in [9.17, 15) is 9.18 Å². The Balaban J connectivity index is 1.63. The molecule has 0 spiro atoms. The number of carbonyl (C=O) groups is 1. The summed E-state index contributed by atoms with van der Waals surface area (Å²) < 4.78 is 18.4. The molecule has 0 saturated heterocycles. The maximum atomic E-state index is 12.9. The largest absolute Gasteiger partial charge is 0.437 e. The van der Waals surface area contributed by atoms with Crippen LogP contribution in [0.4, 0.5) is 10.1 Å². The quantitative estimate of drug-likeness (QED) is 0.779. The van der Waals surface area contributed by atoms with Gasteiger partial charge in [-0.15, -0.1) is 0 Å². The first-order valence-electron chi connectivity index (χ1n) is 7.27. The third-order valence-electron chi connectivity index (χ3n) is 3.16. The highest BCUT2D eigenvalue weighted by atomic mass is 19.1. The molecule has 3 rings (SSSR count). The Morgan fingerprint density at radius 1 is 1.12 bits per heavy atom. The first-order chi connectivity index (χ1) is 11.7. The number of nitrogens with one attached hydrogen (secondary N) is 1. The van der Waals surface area contributed by atoms with Crippen LogP contribution in [0.5, 0.6) is 11.6 Å². The maximum Gasteiger partial charge on any atom is 0.237 e. The van der Waals surface area contributed by atoms with Gasteiger partial charge in [-0.3, -0.25) is 9.78 Å². The number of rotatable bonds is 5. The van der Waals surface area contributed by atoms with Gasteiger partial charge in [0, 0.05) is 24.1 Å². The summed E-state index contributed by atoms with van der Waals surface area (Å²) in [6.45, 7) is 0. The number of amides is 1. The fraction of sp³-hybridized carbons (Fsp3) is 0.0556. The van der Waals surface area contributed by atoms with Gasteiger partial charge in [-0.1, -0.05) is 18.2 Å². The summed E-state index contributed by atoms with van der Waals surface area (Å²) in [4.78, 5) is 20.0. The SMILES string of the molecule is O=C(Cc1ccc(F)cc1)Nc1cccc(Oc2cnccn2)c1. The Bertz CT molecular complexity index is 823. The van der Waals surface area contributed by atoms with Gasteiger partial charge in [0.1, 0.15) is 11.6 Å². The molecule has 24 heavy (non-hydrogen) atoms. The molecule has 2 aromatic carbocycles. The van der Waals surface area contributed by atoms with Gasteiger partial charge in [-0.25, -0.2) is 9.37 Å². The van der Waals surface area contributed by atoms with E-state index in [-0.39, 0.29) is 18.1 Å². The van der Waals surface area contributed by atoms with E-state index in [2.05, 4.69) is 15.3 Å². The summed E-state index contributed by atoms with van der Waals surface area (Å²) in [6, 6.07) is 12.8. The van der Waals surface area contributed by atoms with Gasteiger partial charge in [0.05, 0.1) is 12.6 Å². The van der Waals surface area contributed by atoms with Crippen molar-refractivity contribution < 1.29 is 13.9 Å². The molecule has 0 atom stereocenters. The summed E-state index contributed by atoms with van der Waals surface area (Å²) in [6.07, 6.45) is 4.75. The Morgan fingerprint density at radius 3 is 2.71 bits per heavy atom. The summed E-state index contributed by atoms with van der Waals surface area (Å²) in [7, 11) is 0. The van der Waals surface area contributed by atoms with E-state index < -0.39 is 0 Å². The molecular weight excluding hydrogens is 309 g/mol. The highest BCUT2D eigenvalue weighted by molar-refractivity contribution is 5.92. The van der Waals surface area contributed by atoms with Crippen LogP contribution in [0.1, 0.15) is 5.56 Å². The molecule has 1 N–H and O–H groups in total. The smallest absolute Gasteiger partial charge is 0.237 e. The molecule has 0 aliphatic heterocycles. The van der Waals surface area contributed by atoms with Crippen LogP contribution in [-0.4, -0.2) is 15.9 Å². The standard InChI is InChI=1S/C18H14FN3O2/c19-14-6-4-13(5-7-14)10-17(23)22-15-2-1-3-16(11-15)24-18-12-20-8-9-21-18/h1-9,11-12H,10H2,(H,22,23). The molecule has 120 valence electrons. The number of hydrogen-bond acceptors (Lipinski definition) is 4. The zero-order chi connectivity index (χ0) is 16.8. The first-order valence-corrected chi connectivity index (χ1v) is 7.27. The van der Waals surface area contributed by atoms with Gasteiger partial charge >= 0.3 is 0 Å². The zero-order valence-corrected chi connectivity index (χ0v) is 12.6. The van der Waals surface area contributed by atoms with Crippen molar-refractivity contribution in [1.29, 1.82) is 0 Å². The number of anilines is 1. The number of nitrogens with zero attached hydrogens (tertiary/aromatic N) is 2. The minimum Gasteiger partial charge on any atom is -0.437 e. The van der Waals surface area contributed by atoms with Crippen molar-refractivity contribution in [3.05, 3.63) is 78.5 Å². The van der Waals surface area contributed by atoms with Crippen molar-refractivity contribution in [2.24, 2.45) is 0 Å². The lowest BCUT2D eigenvalue weighted by Gasteiger charge is -2.08. The second kappa shape index (κ2) is 7.32. The van der Waals surface area contributed by atoms with E-state index in [4.69, 9.17) is 4.74 Å². The van der Waals surface area contributed by atoms with Crippen LogP contribution in [0.3, 0.4) is 0 Å². The van der Waals surface area contributed by atoms with E-state index in [0.717, 1.165) is 5.56 Å². The topological polar surface area (TPSA) is 64.1 Å². The predicted octanol–water partition coefficient (Wildman–Crippen LogP) is 3.59. The minimum atomic E-state index is -0.326. The molecule has 3 aromatic rings. The first kappa shape index (κ1) is 15.6. The lowest BCUT2D eigenvalue weighted by Crippen LogP contribution is -2.14. The van der Waals surface area contributed by atoms with E-state index >= 15 is 0 Å². The van der Waals surface area contributed by atoms with Crippen LogP contribution in [0, 0.1) is 5.82 Å². The Kier molecular flexibility index (Phi) is 4.76. The molecule has 1 heterocycles. The average molecular weight is 323 g/mol. The lowest BCUT2D eigenvalue weighted by atomic mass is 10.1. The lowest BCUT2D eigenvalue weighted by molar-refractivity contribution is -0.115. The summed E-state index contributed by atoms with van der Waals surface area (Å²) in [5.74, 6) is 0.383. The monoisotopic (exact) mass is 323 g/mol. The molecule has 6 heteroatoms. The highest BCUT2D eigenvalue weighted by Crippen LogP contribution is 2.22. The van der Waals surface area contributed by atoms with E-state index in [0.29, 0.717) is 17.3 Å². The van der Waals surface area contributed by atoms with Crippen molar-refractivity contribution in [3.8, 4) is 11.6 Å². The number of hydrogen-bond donors (Lipinski definition) is 1. The van der Waals surface area contributed by atoms with Crippen LogP contribution in [-0.2, 0) is 11.2 Å². The summed E-state index contributed by atoms with van der Waals surface area (Å²) in [5.41, 5.74) is 1.34. The number of aromatic nitrogens is 2. The third kappa shape index (κ3) is 4.36. The zero-order valence-electron chi connectivity index (χ0n) is 12.6. The molecule has 0 aliphatic carbocycles. The van der Waals surface area contributed by atoms with Gasteiger partial charge in [0.25, 0.3) is 0 Å². The summed E-state index contributed by atoms with van der Waals surface area (Å²) in [5, 5.41) is 2.78. The fourth-order valence-electron chi connectivity index (χ4n) is 2.09. The van der Waals surface area contributed by atoms with Crippen LogP contribution < -0.4 is 10.1 Å². The fourth-order valence-corrected chi connectivity index (χ4v) is 2.09. The minimum absolute atomic E-state index is 0.162. The molecule has 0 aliphatic rings. The molecule has 0 fully saturated rings. The number of carbonyl (C=O) groups excluding carboxylic acids is 1. The molecule has 0 unspecified atom stereocenters. The molecule has 5 nitrogen and oxygen atoms in total. The van der Waals surface area contributed by atoms with E-state index in [1.807, 2.05) is 0 Å². The van der Waals surface area contributed by atoms with Crippen molar-refractivity contribution in [1.82, 2.24) is 9.97 Å². The van der Waals surface area contributed by atoms with Crippen molar-refractivity contribution >= 4 is 11.6 Å². The molecule has 1 amide bonds. The van der Waals surface area contributed by atoms with Crippen LogP contribution in [0.25, 0.3) is 0 Å². The molecule has 0 saturated carbocycles. The van der Waals surface area contributed by atoms with Crippen molar-refractivity contribution in [3.63, 3.8) is 0 Å². The predicted molar refractivity (Wildman–Crippen MR) is 87.3 cm³/mol. The Labute approximate surface area is 138 Å². The van der Waals surface area contributed by atoms with Gasteiger partial charge in [-0.2, -0.15) is 0 Å². The Morgan fingerprint density at radius 2 is 1.96 bits per heavy atom. The van der Waals surface area contributed by atoms with Crippen LogP contribution in [0.2, 0.25) is 0 Å². The maximum absolute atomic E-state index is 12.9. The second-order valence-electron chi connectivity index (χ2n) is 5.02. The number of halogens is 1. The Hall–Kier alpha value is -3.28. The van der Waals surface area contributed by atoms with Gasteiger partial charge < -0.3 is 10.1 Å². The highest BCUT2D eigenvalue weighted by Gasteiger charge is 2.06. The number of benzene rings is 2. The molecular formula is C18H14FN3O2. The third-order valence-corrected chi connectivity index (χ3v) is 3.16. The van der Waals surface area contributed by atoms with Gasteiger partial charge in [-0.05, 0) is 29.8 Å². The second-order valence-corrected chi connectivity index (χ2v) is 5.02. The van der Waals surface area contributed by atoms with E-state index in [1.165, 1.54) is 24.5 Å². The summed E-state index contributed by atoms with van der Waals surface area (Å²) >= 11 is 0. The van der Waals surface area contributed by atoms with Crippen LogP contribution >= 0.6 is 0 Å².